The summed E-state index contributed by atoms with van der Waals surface area (Å²) in [6.45, 7) is 8.13. The highest BCUT2D eigenvalue weighted by Gasteiger charge is 2.17. The van der Waals surface area contributed by atoms with Crippen molar-refractivity contribution in [3.63, 3.8) is 0 Å². The normalized spacial score (nSPS) is 12.2. The number of hydrogen-bond donors (Lipinski definition) is 2. The second-order valence-corrected chi connectivity index (χ2v) is 5.50. The van der Waals surface area contributed by atoms with Gasteiger partial charge in [-0.3, -0.25) is 4.79 Å². The molecule has 5 heteroatoms. The fourth-order valence-corrected chi connectivity index (χ4v) is 2.51. The number of halogens is 1. The van der Waals surface area contributed by atoms with Gasteiger partial charge in [0.2, 0.25) is 5.91 Å². The third-order valence-corrected chi connectivity index (χ3v) is 4.53. The second-order valence-electron chi connectivity index (χ2n) is 4.71. The first kappa shape index (κ1) is 16.0. The second kappa shape index (κ2) is 6.39. The Morgan fingerprint density at radius 2 is 1.89 bits per heavy atom. The van der Waals surface area contributed by atoms with E-state index >= 15 is 0 Å². The lowest BCUT2D eigenvalue weighted by molar-refractivity contribution is -0.122. The molecule has 0 bridgehead atoms. The summed E-state index contributed by atoms with van der Waals surface area (Å²) >= 11 is 3.59. The first-order valence-electron chi connectivity index (χ1n) is 6.16. The molecule has 1 atom stereocenters. The molecule has 1 amide bonds. The molecule has 0 saturated heterocycles. The first-order valence-corrected chi connectivity index (χ1v) is 6.95. The van der Waals surface area contributed by atoms with Gasteiger partial charge in [0.1, 0.15) is 5.75 Å². The van der Waals surface area contributed by atoms with Crippen LogP contribution in [0.4, 0.5) is 0 Å². The molecule has 4 nitrogen and oxygen atoms in total. The maximum absolute atomic E-state index is 11.6. The minimum absolute atomic E-state index is 0.171. The van der Waals surface area contributed by atoms with Crippen molar-refractivity contribution >= 4 is 21.8 Å². The predicted octanol–water partition coefficient (Wildman–Crippen LogP) is 2.35. The molecule has 1 unspecified atom stereocenters. The number of carbonyl (C=O) groups is 1. The van der Waals surface area contributed by atoms with E-state index in [0.29, 0.717) is 6.54 Å². The highest BCUT2D eigenvalue weighted by Crippen LogP contribution is 2.35. The van der Waals surface area contributed by atoms with Gasteiger partial charge in [-0.1, -0.05) is 15.9 Å². The van der Waals surface area contributed by atoms with Crippen molar-refractivity contribution in [1.29, 1.82) is 0 Å². The van der Waals surface area contributed by atoms with Crippen LogP contribution in [0.1, 0.15) is 29.2 Å². The summed E-state index contributed by atoms with van der Waals surface area (Å²) in [5.74, 6) is 0.652. The summed E-state index contributed by atoms with van der Waals surface area (Å²) < 4.78 is 6.53. The van der Waals surface area contributed by atoms with Crippen LogP contribution in [0.5, 0.6) is 5.75 Å². The van der Waals surface area contributed by atoms with Crippen LogP contribution in [0.15, 0.2) is 4.47 Å². The van der Waals surface area contributed by atoms with Crippen molar-refractivity contribution in [1.82, 2.24) is 5.32 Å². The van der Waals surface area contributed by atoms with Gasteiger partial charge in [-0.25, -0.2) is 0 Å². The van der Waals surface area contributed by atoms with Crippen LogP contribution in [0.3, 0.4) is 0 Å². The monoisotopic (exact) mass is 328 g/mol. The molecule has 1 aromatic rings. The molecule has 106 valence electrons. The largest absolute Gasteiger partial charge is 0.496 e. The van der Waals surface area contributed by atoms with Crippen LogP contribution in [0.25, 0.3) is 0 Å². The van der Waals surface area contributed by atoms with Crippen LogP contribution in [0.2, 0.25) is 0 Å². The summed E-state index contributed by atoms with van der Waals surface area (Å²) in [4.78, 5) is 11.6. The zero-order chi connectivity index (χ0) is 14.7. The Kier molecular flexibility index (Phi) is 5.38. The first-order chi connectivity index (χ1) is 8.81. The molecule has 0 spiro atoms. The lowest BCUT2D eigenvalue weighted by Crippen LogP contribution is -2.38. The number of carbonyl (C=O) groups excluding carboxylic acids is 1. The molecule has 0 aliphatic carbocycles. The summed E-state index contributed by atoms with van der Waals surface area (Å²) in [5, 5.41) is 2.82. The SMILES string of the molecule is COc1c(C)c(C)c(Br)c(C)c1CNC(=O)C(C)N. The van der Waals surface area contributed by atoms with Gasteiger partial charge in [0.15, 0.2) is 0 Å². The Bertz CT molecular complexity index is 499. The van der Waals surface area contributed by atoms with Crippen LogP contribution in [-0.4, -0.2) is 19.1 Å². The fourth-order valence-electron chi connectivity index (χ4n) is 1.97. The average Bonchev–Trinajstić information content (AvgIpc) is 2.38. The van der Waals surface area contributed by atoms with E-state index in [1.165, 1.54) is 0 Å². The van der Waals surface area contributed by atoms with Gasteiger partial charge in [0.05, 0.1) is 13.2 Å². The van der Waals surface area contributed by atoms with Crippen molar-refractivity contribution in [2.45, 2.75) is 40.3 Å². The third kappa shape index (κ3) is 3.28. The lowest BCUT2D eigenvalue weighted by Gasteiger charge is -2.19. The number of ether oxygens (including phenoxy) is 1. The maximum Gasteiger partial charge on any atom is 0.236 e. The Morgan fingerprint density at radius 1 is 1.32 bits per heavy atom. The van der Waals surface area contributed by atoms with Crippen LogP contribution in [0, 0.1) is 20.8 Å². The molecule has 1 rings (SSSR count). The molecule has 0 radical (unpaired) electrons. The van der Waals surface area contributed by atoms with Gasteiger partial charge in [0, 0.05) is 16.6 Å². The van der Waals surface area contributed by atoms with Gasteiger partial charge < -0.3 is 15.8 Å². The molecule has 3 N–H and O–H groups in total. The zero-order valence-corrected chi connectivity index (χ0v) is 13.6. The molecule has 19 heavy (non-hydrogen) atoms. The van der Waals surface area contributed by atoms with Gasteiger partial charge in [-0.15, -0.1) is 0 Å². The van der Waals surface area contributed by atoms with Crippen molar-refractivity contribution in [3.8, 4) is 5.75 Å². The Balaban J connectivity index is 3.16. The van der Waals surface area contributed by atoms with Gasteiger partial charge in [0.25, 0.3) is 0 Å². The molecular weight excluding hydrogens is 308 g/mol. The number of methoxy groups -OCH3 is 1. The van der Waals surface area contributed by atoms with Crippen molar-refractivity contribution in [2.24, 2.45) is 5.73 Å². The molecule has 0 aliphatic heterocycles. The maximum atomic E-state index is 11.6. The highest BCUT2D eigenvalue weighted by molar-refractivity contribution is 9.10. The molecule has 0 fully saturated rings. The number of nitrogens with one attached hydrogen (secondary N) is 1. The summed E-state index contributed by atoms with van der Waals surface area (Å²) in [7, 11) is 1.64. The number of rotatable bonds is 4. The van der Waals surface area contributed by atoms with E-state index in [1.54, 1.807) is 14.0 Å². The standard InChI is InChI=1S/C14H21BrN2O2/c1-7-8(2)13(19-5)11(9(3)12(7)15)6-17-14(18)10(4)16/h10H,6,16H2,1-5H3,(H,17,18). The predicted molar refractivity (Wildman–Crippen MR) is 80.4 cm³/mol. The topological polar surface area (TPSA) is 64.3 Å². The van der Waals surface area contributed by atoms with Gasteiger partial charge >= 0.3 is 0 Å². The molecule has 1 aromatic carbocycles. The molecule has 0 aliphatic rings. The minimum atomic E-state index is -0.513. The van der Waals surface area contributed by atoms with E-state index in [-0.39, 0.29) is 5.91 Å². The number of amides is 1. The summed E-state index contributed by atoms with van der Waals surface area (Å²) in [6.07, 6.45) is 0. The van der Waals surface area contributed by atoms with E-state index in [0.717, 1.165) is 32.5 Å². The van der Waals surface area contributed by atoms with Crippen LogP contribution < -0.4 is 15.8 Å². The Labute approximate surface area is 122 Å². The minimum Gasteiger partial charge on any atom is -0.496 e. The van der Waals surface area contributed by atoms with E-state index in [2.05, 4.69) is 21.2 Å². The molecule has 0 aromatic heterocycles. The fraction of sp³-hybridized carbons (Fsp3) is 0.500. The zero-order valence-electron chi connectivity index (χ0n) is 12.1. The van der Waals surface area contributed by atoms with Gasteiger partial charge in [-0.2, -0.15) is 0 Å². The van der Waals surface area contributed by atoms with Crippen LogP contribution in [-0.2, 0) is 11.3 Å². The number of benzene rings is 1. The quantitative estimate of drug-likeness (QED) is 0.891. The number of nitrogens with two attached hydrogens (primary N) is 1. The highest BCUT2D eigenvalue weighted by atomic mass is 79.9. The smallest absolute Gasteiger partial charge is 0.236 e. The Morgan fingerprint density at radius 3 is 2.37 bits per heavy atom. The lowest BCUT2D eigenvalue weighted by atomic mass is 9.98. The van der Waals surface area contributed by atoms with Gasteiger partial charge in [-0.05, 0) is 44.4 Å². The summed E-state index contributed by atoms with van der Waals surface area (Å²) in [6, 6.07) is -0.513. The summed E-state index contributed by atoms with van der Waals surface area (Å²) in [5.41, 5.74) is 9.82. The van der Waals surface area contributed by atoms with Crippen molar-refractivity contribution in [3.05, 3.63) is 26.7 Å². The number of hydrogen-bond acceptors (Lipinski definition) is 3. The van der Waals surface area contributed by atoms with E-state index in [4.69, 9.17) is 10.5 Å². The molecular formula is C14H21BrN2O2. The van der Waals surface area contributed by atoms with Crippen molar-refractivity contribution < 1.29 is 9.53 Å². The van der Waals surface area contributed by atoms with E-state index in [1.807, 2.05) is 20.8 Å². The third-order valence-electron chi connectivity index (χ3n) is 3.35. The Hall–Kier alpha value is -1.07. The van der Waals surface area contributed by atoms with E-state index < -0.39 is 6.04 Å². The van der Waals surface area contributed by atoms with Crippen LogP contribution >= 0.6 is 15.9 Å². The molecule has 0 saturated carbocycles. The van der Waals surface area contributed by atoms with E-state index in [9.17, 15) is 4.79 Å². The molecule has 0 heterocycles. The average molecular weight is 329 g/mol. The van der Waals surface area contributed by atoms with Crippen molar-refractivity contribution in [2.75, 3.05) is 7.11 Å².